The van der Waals surface area contributed by atoms with Crippen molar-refractivity contribution in [3.05, 3.63) is 72.1 Å². The van der Waals surface area contributed by atoms with E-state index < -0.39 is 15.8 Å². The zero-order valence-electron chi connectivity index (χ0n) is 16.7. The summed E-state index contributed by atoms with van der Waals surface area (Å²) in [5, 5.41) is 0. The van der Waals surface area contributed by atoms with E-state index >= 15 is 0 Å². The summed E-state index contributed by atoms with van der Waals surface area (Å²) < 4.78 is 40.3. The van der Waals surface area contributed by atoms with E-state index in [0.717, 1.165) is 18.6 Å². The maximum Gasteiger partial charge on any atom is 0.243 e. The first-order valence-electron chi connectivity index (χ1n) is 10.2. The van der Waals surface area contributed by atoms with Crippen LogP contribution in [0.2, 0.25) is 0 Å². The second kappa shape index (κ2) is 8.70. The van der Waals surface area contributed by atoms with Gasteiger partial charge < -0.3 is 4.90 Å². The third kappa shape index (κ3) is 4.32. The van der Waals surface area contributed by atoms with Crippen LogP contribution in [0.15, 0.2) is 65.6 Å². The van der Waals surface area contributed by atoms with Gasteiger partial charge in [0.15, 0.2) is 0 Å². The minimum absolute atomic E-state index is 0.0115. The van der Waals surface area contributed by atoms with Gasteiger partial charge in [-0.15, -0.1) is 0 Å². The Balaban J connectivity index is 1.43. The standard InChI is InChI=1S/C23H25FN2O3S/c24-21-8-10-22(11-9-21)30(28,29)26-14-4-7-20(17-26)23(27)25-15-12-19(13-16-25)18-5-2-1-3-6-18/h1-3,5-6,8-12,20H,4,7,13-17H2/t20-/m1/s1. The Kier molecular flexibility index (Phi) is 6.01. The van der Waals surface area contributed by atoms with Crippen LogP contribution >= 0.6 is 0 Å². The molecule has 2 heterocycles. The summed E-state index contributed by atoms with van der Waals surface area (Å²) in [5.41, 5.74) is 2.42. The lowest BCUT2D eigenvalue weighted by Gasteiger charge is -2.35. The van der Waals surface area contributed by atoms with Crippen LogP contribution in [0.4, 0.5) is 4.39 Å². The molecule has 4 rings (SSSR count). The number of rotatable bonds is 4. The first kappa shape index (κ1) is 20.8. The molecular formula is C23H25FN2O3S. The van der Waals surface area contributed by atoms with Crippen LogP contribution in [0.1, 0.15) is 24.8 Å². The zero-order valence-corrected chi connectivity index (χ0v) is 17.5. The minimum Gasteiger partial charge on any atom is -0.338 e. The van der Waals surface area contributed by atoms with Gasteiger partial charge in [-0.05, 0) is 54.7 Å². The minimum atomic E-state index is -3.74. The summed E-state index contributed by atoms with van der Waals surface area (Å²) in [6.45, 7) is 1.73. The first-order valence-corrected chi connectivity index (χ1v) is 11.7. The van der Waals surface area contributed by atoms with E-state index in [2.05, 4.69) is 18.2 Å². The van der Waals surface area contributed by atoms with Crippen molar-refractivity contribution in [2.75, 3.05) is 26.2 Å². The molecule has 7 heteroatoms. The first-order chi connectivity index (χ1) is 14.4. The molecule has 0 N–H and O–H groups in total. The Morgan fingerprint density at radius 3 is 2.40 bits per heavy atom. The van der Waals surface area contributed by atoms with E-state index in [1.54, 1.807) is 0 Å². The number of carbonyl (C=O) groups excluding carboxylic acids is 1. The van der Waals surface area contributed by atoms with Crippen LogP contribution in [0, 0.1) is 11.7 Å². The molecule has 2 aromatic rings. The normalized spacial score (nSPS) is 20.6. The van der Waals surface area contributed by atoms with Crippen molar-refractivity contribution in [1.29, 1.82) is 0 Å². The maximum atomic E-state index is 13.2. The number of benzene rings is 2. The third-order valence-electron chi connectivity index (χ3n) is 5.85. The third-order valence-corrected chi connectivity index (χ3v) is 7.73. The topological polar surface area (TPSA) is 57.7 Å². The molecular weight excluding hydrogens is 403 g/mol. The van der Waals surface area contributed by atoms with Crippen molar-refractivity contribution >= 4 is 21.5 Å². The van der Waals surface area contributed by atoms with Gasteiger partial charge in [-0.1, -0.05) is 36.4 Å². The molecule has 5 nitrogen and oxygen atoms in total. The molecule has 2 aliphatic rings. The van der Waals surface area contributed by atoms with Crippen LogP contribution in [0.3, 0.4) is 0 Å². The fourth-order valence-corrected chi connectivity index (χ4v) is 5.68. The molecule has 2 aliphatic heterocycles. The zero-order chi connectivity index (χ0) is 21.1. The molecule has 0 saturated carbocycles. The fraction of sp³-hybridized carbons (Fsp3) is 0.348. The number of sulfonamides is 1. The van der Waals surface area contributed by atoms with Gasteiger partial charge in [-0.2, -0.15) is 4.31 Å². The molecule has 0 bridgehead atoms. The average Bonchev–Trinajstić information content (AvgIpc) is 2.80. The van der Waals surface area contributed by atoms with Gasteiger partial charge in [0.1, 0.15) is 5.82 Å². The molecule has 1 fully saturated rings. The predicted octanol–water partition coefficient (Wildman–Crippen LogP) is 3.54. The number of carbonyl (C=O) groups is 1. The van der Waals surface area contributed by atoms with Crippen molar-refractivity contribution in [3.63, 3.8) is 0 Å². The number of halogens is 1. The lowest BCUT2D eigenvalue weighted by Crippen LogP contribution is -2.47. The van der Waals surface area contributed by atoms with E-state index in [1.807, 2.05) is 23.1 Å². The lowest BCUT2D eigenvalue weighted by molar-refractivity contribution is -0.136. The van der Waals surface area contributed by atoms with E-state index in [0.29, 0.717) is 32.5 Å². The molecule has 158 valence electrons. The molecule has 30 heavy (non-hydrogen) atoms. The second-order valence-electron chi connectivity index (χ2n) is 7.79. The fourth-order valence-electron chi connectivity index (χ4n) is 4.16. The van der Waals surface area contributed by atoms with Crippen LogP contribution < -0.4 is 0 Å². The van der Waals surface area contributed by atoms with Gasteiger partial charge in [0.25, 0.3) is 0 Å². The quantitative estimate of drug-likeness (QED) is 0.749. The van der Waals surface area contributed by atoms with Crippen molar-refractivity contribution in [2.45, 2.75) is 24.2 Å². The lowest BCUT2D eigenvalue weighted by atomic mass is 9.95. The smallest absolute Gasteiger partial charge is 0.243 e. The van der Waals surface area contributed by atoms with Gasteiger partial charge in [0.2, 0.25) is 15.9 Å². The number of hydrogen-bond donors (Lipinski definition) is 0. The SMILES string of the molecule is O=C([C@@H]1CCCN(S(=O)(=O)c2ccc(F)cc2)C1)N1CC=C(c2ccccc2)CC1. The summed E-state index contributed by atoms with van der Waals surface area (Å²) >= 11 is 0. The van der Waals surface area contributed by atoms with Gasteiger partial charge in [-0.3, -0.25) is 4.79 Å². The number of nitrogens with zero attached hydrogens (tertiary/aromatic N) is 2. The Bertz CT molecular complexity index is 1040. The van der Waals surface area contributed by atoms with Crippen molar-refractivity contribution in [1.82, 2.24) is 9.21 Å². The highest BCUT2D eigenvalue weighted by molar-refractivity contribution is 7.89. The second-order valence-corrected chi connectivity index (χ2v) is 9.72. The van der Waals surface area contributed by atoms with E-state index in [4.69, 9.17) is 0 Å². The monoisotopic (exact) mass is 428 g/mol. The molecule has 0 aliphatic carbocycles. The molecule has 2 aromatic carbocycles. The number of hydrogen-bond acceptors (Lipinski definition) is 3. The van der Waals surface area contributed by atoms with E-state index in [1.165, 1.54) is 27.6 Å². The van der Waals surface area contributed by atoms with Crippen LogP contribution in [-0.2, 0) is 14.8 Å². The molecule has 0 radical (unpaired) electrons. The highest BCUT2D eigenvalue weighted by Gasteiger charge is 2.35. The molecule has 1 saturated heterocycles. The molecule has 1 atom stereocenters. The van der Waals surface area contributed by atoms with Crippen LogP contribution in [0.25, 0.3) is 5.57 Å². The summed E-state index contributed by atoms with van der Waals surface area (Å²) in [6, 6.07) is 15.0. The molecule has 0 spiro atoms. The Morgan fingerprint density at radius 2 is 1.73 bits per heavy atom. The summed E-state index contributed by atoms with van der Waals surface area (Å²) in [7, 11) is -3.74. The van der Waals surface area contributed by atoms with Gasteiger partial charge in [0.05, 0.1) is 10.8 Å². The summed E-state index contributed by atoms with van der Waals surface area (Å²) in [6.07, 6.45) is 4.20. The Labute approximate surface area is 176 Å². The van der Waals surface area contributed by atoms with Gasteiger partial charge >= 0.3 is 0 Å². The molecule has 1 amide bonds. The number of amides is 1. The largest absolute Gasteiger partial charge is 0.338 e. The summed E-state index contributed by atoms with van der Waals surface area (Å²) in [5.74, 6) is -0.813. The highest BCUT2D eigenvalue weighted by Crippen LogP contribution is 2.27. The van der Waals surface area contributed by atoms with E-state index in [9.17, 15) is 17.6 Å². The summed E-state index contributed by atoms with van der Waals surface area (Å²) in [4.78, 5) is 15.0. The Hall–Kier alpha value is -2.51. The van der Waals surface area contributed by atoms with Crippen LogP contribution in [-0.4, -0.2) is 49.7 Å². The Morgan fingerprint density at radius 1 is 1.00 bits per heavy atom. The molecule has 0 aromatic heterocycles. The number of piperidine rings is 1. The van der Waals surface area contributed by atoms with Gasteiger partial charge in [0, 0.05) is 26.2 Å². The van der Waals surface area contributed by atoms with Crippen molar-refractivity contribution in [3.8, 4) is 0 Å². The molecule has 0 unspecified atom stereocenters. The van der Waals surface area contributed by atoms with Crippen molar-refractivity contribution < 1.29 is 17.6 Å². The average molecular weight is 429 g/mol. The van der Waals surface area contributed by atoms with Gasteiger partial charge in [-0.25, -0.2) is 12.8 Å². The highest BCUT2D eigenvalue weighted by atomic mass is 32.2. The van der Waals surface area contributed by atoms with Crippen LogP contribution in [0.5, 0.6) is 0 Å². The maximum absolute atomic E-state index is 13.2. The van der Waals surface area contributed by atoms with Crippen molar-refractivity contribution in [2.24, 2.45) is 5.92 Å². The van der Waals surface area contributed by atoms with E-state index in [-0.39, 0.29) is 23.3 Å². The predicted molar refractivity (Wildman–Crippen MR) is 113 cm³/mol.